The summed E-state index contributed by atoms with van der Waals surface area (Å²) in [6.45, 7) is 7.52. The van der Waals surface area contributed by atoms with E-state index in [9.17, 15) is 8.42 Å². The number of rotatable bonds is 6. The van der Waals surface area contributed by atoms with E-state index in [1.165, 1.54) is 6.20 Å². The van der Waals surface area contributed by atoms with Crippen molar-refractivity contribution >= 4 is 21.6 Å². The fourth-order valence-corrected chi connectivity index (χ4v) is 3.93. The smallest absolute Gasteiger partial charge is 0.246 e. The Labute approximate surface area is 131 Å². The average Bonchev–Trinajstić information content (AvgIpc) is 2.94. The van der Waals surface area contributed by atoms with E-state index < -0.39 is 10.0 Å². The fourth-order valence-electron chi connectivity index (χ4n) is 2.43. The molecule has 0 aromatic carbocycles. The van der Waals surface area contributed by atoms with Crippen LogP contribution < -0.4 is 0 Å². The van der Waals surface area contributed by atoms with Crippen molar-refractivity contribution in [3.8, 4) is 0 Å². The second kappa shape index (κ2) is 7.09. The second-order valence-electron chi connectivity index (χ2n) is 5.52. The van der Waals surface area contributed by atoms with Gasteiger partial charge in [0, 0.05) is 50.8 Å². The molecule has 0 radical (unpaired) electrons. The van der Waals surface area contributed by atoms with Crippen LogP contribution >= 0.6 is 11.6 Å². The minimum absolute atomic E-state index is 0.273. The number of hydrogen-bond acceptors (Lipinski definition) is 4. The van der Waals surface area contributed by atoms with Gasteiger partial charge in [-0.05, 0) is 20.3 Å². The van der Waals surface area contributed by atoms with Crippen LogP contribution in [0.5, 0.6) is 0 Å². The van der Waals surface area contributed by atoms with Crippen LogP contribution in [0.15, 0.2) is 17.3 Å². The van der Waals surface area contributed by atoms with E-state index in [1.54, 1.807) is 15.2 Å². The molecular weight excluding hydrogens is 312 g/mol. The van der Waals surface area contributed by atoms with E-state index in [0.29, 0.717) is 31.6 Å². The van der Waals surface area contributed by atoms with Gasteiger partial charge in [0.15, 0.2) is 0 Å². The standard InChI is InChI=1S/C13H23ClN4O2S/c1-12(2)16-6-8-18(9-7-16)21(19,20)13-10-15-17(11-13)5-3-4-14/h10-12H,3-9H2,1-2H3. The molecule has 0 aliphatic carbocycles. The largest absolute Gasteiger partial charge is 0.298 e. The highest BCUT2D eigenvalue weighted by Crippen LogP contribution is 2.18. The van der Waals surface area contributed by atoms with Gasteiger partial charge in [-0.1, -0.05) is 0 Å². The van der Waals surface area contributed by atoms with Crippen LogP contribution in [-0.2, 0) is 16.6 Å². The predicted octanol–water partition coefficient (Wildman–Crippen LogP) is 1.23. The van der Waals surface area contributed by atoms with E-state index in [0.717, 1.165) is 19.5 Å². The van der Waals surface area contributed by atoms with Crippen molar-refractivity contribution in [2.75, 3.05) is 32.1 Å². The zero-order valence-corrected chi connectivity index (χ0v) is 14.1. The Kier molecular flexibility index (Phi) is 5.65. The highest BCUT2D eigenvalue weighted by Gasteiger charge is 2.30. The summed E-state index contributed by atoms with van der Waals surface area (Å²) < 4.78 is 28.3. The van der Waals surface area contributed by atoms with Crippen LogP contribution in [0.2, 0.25) is 0 Å². The van der Waals surface area contributed by atoms with Crippen molar-refractivity contribution in [3.05, 3.63) is 12.4 Å². The first-order chi connectivity index (χ1) is 9.95. The summed E-state index contributed by atoms with van der Waals surface area (Å²) in [5, 5.41) is 4.10. The van der Waals surface area contributed by atoms with Gasteiger partial charge in [0.05, 0.1) is 6.20 Å². The molecule has 2 rings (SSSR count). The normalized spacial score (nSPS) is 18.5. The number of hydrogen-bond donors (Lipinski definition) is 0. The van der Waals surface area contributed by atoms with Gasteiger partial charge in [-0.25, -0.2) is 8.42 Å². The van der Waals surface area contributed by atoms with Crippen LogP contribution in [0.3, 0.4) is 0 Å². The van der Waals surface area contributed by atoms with Gasteiger partial charge in [0.2, 0.25) is 10.0 Å². The summed E-state index contributed by atoms with van der Waals surface area (Å²) in [6, 6.07) is 0.452. The number of aromatic nitrogens is 2. The first-order valence-corrected chi connectivity index (χ1v) is 9.25. The molecule has 2 heterocycles. The number of piperazine rings is 1. The van der Waals surface area contributed by atoms with E-state index in [2.05, 4.69) is 23.8 Å². The van der Waals surface area contributed by atoms with Crippen LogP contribution in [0.25, 0.3) is 0 Å². The van der Waals surface area contributed by atoms with E-state index in [-0.39, 0.29) is 4.90 Å². The minimum atomic E-state index is -3.43. The summed E-state index contributed by atoms with van der Waals surface area (Å²) in [5.41, 5.74) is 0. The molecule has 0 atom stereocenters. The highest BCUT2D eigenvalue weighted by molar-refractivity contribution is 7.89. The zero-order chi connectivity index (χ0) is 15.5. The summed E-state index contributed by atoms with van der Waals surface area (Å²) >= 11 is 5.64. The molecule has 8 heteroatoms. The molecule has 1 fully saturated rings. The molecule has 1 aromatic heterocycles. The molecule has 0 unspecified atom stereocenters. The number of alkyl halides is 1. The summed E-state index contributed by atoms with van der Waals surface area (Å²) in [4.78, 5) is 2.56. The summed E-state index contributed by atoms with van der Waals surface area (Å²) in [5.74, 6) is 0.541. The SMILES string of the molecule is CC(C)N1CCN(S(=O)(=O)c2cnn(CCCCl)c2)CC1. The minimum Gasteiger partial charge on any atom is -0.298 e. The van der Waals surface area contributed by atoms with Gasteiger partial charge in [0.1, 0.15) is 4.90 Å². The lowest BCUT2D eigenvalue weighted by atomic mass is 10.3. The monoisotopic (exact) mass is 334 g/mol. The maximum absolute atomic E-state index is 12.6. The number of nitrogens with zero attached hydrogens (tertiary/aromatic N) is 4. The molecule has 1 saturated heterocycles. The van der Waals surface area contributed by atoms with Crippen molar-refractivity contribution in [1.82, 2.24) is 19.0 Å². The Morgan fingerprint density at radius 2 is 1.95 bits per heavy atom. The third-order valence-corrected chi connectivity index (χ3v) is 5.89. The van der Waals surface area contributed by atoms with E-state index in [1.807, 2.05) is 0 Å². The van der Waals surface area contributed by atoms with E-state index >= 15 is 0 Å². The van der Waals surface area contributed by atoms with E-state index in [4.69, 9.17) is 11.6 Å². The lowest BCUT2D eigenvalue weighted by molar-refractivity contribution is 0.154. The van der Waals surface area contributed by atoms with Crippen molar-refractivity contribution in [2.24, 2.45) is 0 Å². The van der Waals surface area contributed by atoms with Gasteiger partial charge in [-0.15, -0.1) is 11.6 Å². The van der Waals surface area contributed by atoms with Crippen LogP contribution in [0.4, 0.5) is 0 Å². The predicted molar refractivity (Wildman–Crippen MR) is 83.0 cm³/mol. The maximum atomic E-state index is 12.6. The Morgan fingerprint density at radius 3 is 2.52 bits per heavy atom. The molecular formula is C13H23ClN4O2S. The summed E-state index contributed by atoms with van der Waals surface area (Å²) in [6.07, 6.45) is 3.80. The Balaban J connectivity index is 2.03. The Hall–Kier alpha value is -0.630. The maximum Gasteiger partial charge on any atom is 0.246 e. The molecule has 0 bridgehead atoms. The van der Waals surface area contributed by atoms with Crippen LogP contribution in [0.1, 0.15) is 20.3 Å². The topological polar surface area (TPSA) is 58.4 Å². The van der Waals surface area contributed by atoms with Gasteiger partial charge in [0.25, 0.3) is 0 Å². The molecule has 1 aromatic rings. The molecule has 1 aliphatic heterocycles. The van der Waals surface area contributed by atoms with Crippen LogP contribution in [-0.4, -0.2) is 65.5 Å². The highest BCUT2D eigenvalue weighted by atomic mass is 35.5. The second-order valence-corrected chi connectivity index (χ2v) is 7.83. The first-order valence-electron chi connectivity index (χ1n) is 7.28. The van der Waals surface area contributed by atoms with Crippen LogP contribution in [0, 0.1) is 0 Å². The lowest BCUT2D eigenvalue weighted by Gasteiger charge is -2.35. The number of aryl methyl sites for hydroxylation is 1. The van der Waals surface area contributed by atoms with Crippen molar-refractivity contribution < 1.29 is 8.42 Å². The number of halogens is 1. The molecule has 6 nitrogen and oxygen atoms in total. The number of sulfonamides is 1. The van der Waals surface area contributed by atoms with Gasteiger partial charge in [-0.2, -0.15) is 9.40 Å². The molecule has 0 saturated carbocycles. The Bertz CT molecular complexity index is 550. The molecule has 120 valence electrons. The lowest BCUT2D eigenvalue weighted by Crippen LogP contribution is -2.50. The molecule has 0 amide bonds. The van der Waals surface area contributed by atoms with Gasteiger partial charge < -0.3 is 0 Å². The fraction of sp³-hybridized carbons (Fsp3) is 0.769. The van der Waals surface area contributed by atoms with Gasteiger partial charge in [-0.3, -0.25) is 9.58 Å². The molecule has 0 spiro atoms. The van der Waals surface area contributed by atoms with Crippen molar-refractivity contribution in [2.45, 2.75) is 37.8 Å². The first kappa shape index (κ1) is 16.7. The Morgan fingerprint density at radius 1 is 1.29 bits per heavy atom. The zero-order valence-electron chi connectivity index (χ0n) is 12.6. The third-order valence-electron chi connectivity index (χ3n) is 3.77. The van der Waals surface area contributed by atoms with Crippen molar-refractivity contribution in [3.63, 3.8) is 0 Å². The van der Waals surface area contributed by atoms with Crippen molar-refractivity contribution in [1.29, 1.82) is 0 Å². The summed E-state index contributed by atoms with van der Waals surface area (Å²) in [7, 11) is -3.43. The molecule has 0 N–H and O–H groups in total. The quantitative estimate of drug-likeness (QED) is 0.734. The third kappa shape index (κ3) is 3.97. The van der Waals surface area contributed by atoms with Gasteiger partial charge >= 0.3 is 0 Å². The molecule has 21 heavy (non-hydrogen) atoms. The molecule has 1 aliphatic rings. The average molecular weight is 335 g/mol.